The van der Waals surface area contributed by atoms with Crippen molar-refractivity contribution in [1.29, 1.82) is 0 Å². The second-order valence-corrected chi connectivity index (χ2v) is 6.52. The van der Waals surface area contributed by atoms with Gasteiger partial charge < -0.3 is 15.4 Å². The van der Waals surface area contributed by atoms with Crippen molar-refractivity contribution in [3.05, 3.63) is 65.7 Å². The van der Waals surface area contributed by atoms with Crippen LogP contribution in [-0.4, -0.2) is 50.3 Å². The zero-order valence-corrected chi connectivity index (χ0v) is 18.2. The van der Waals surface area contributed by atoms with Crippen LogP contribution >= 0.6 is 24.0 Å². The van der Waals surface area contributed by atoms with Crippen molar-refractivity contribution in [1.82, 2.24) is 10.2 Å². The van der Waals surface area contributed by atoms with Crippen molar-refractivity contribution in [3.8, 4) is 0 Å². The summed E-state index contributed by atoms with van der Waals surface area (Å²) in [5.41, 5.74) is 3.51. The number of anilines is 1. The van der Waals surface area contributed by atoms with Gasteiger partial charge in [0.25, 0.3) is 0 Å². The van der Waals surface area contributed by atoms with Crippen LogP contribution in [0.15, 0.2) is 59.6 Å². The van der Waals surface area contributed by atoms with Crippen LogP contribution in [0.4, 0.5) is 5.69 Å². The summed E-state index contributed by atoms with van der Waals surface area (Å²) in [7, 11) is 0. The van der Waals surface area contributed by atoms with Crippen LogP contribution in [0, 0.1) is 6.92 Å². The topological polar surface area (TPSA) is 48.9 Å². The Labute approximate surface area is 179 Å². The maximum absolute atomic E-state index is 5.40. The minimum absolute atomic E-state index is 0. The van der Waals surface area contributed by atoms with Crippen molar-refractivity contribution >= 4 is 35.6 Å². The molecule has 0 aromatic heterocycles. The third-order valence-corrected chi connectivity index (χ3v) is 4.40. The second kappa shape index (κ2) is 11.9. The highest BCUT2D eigenvalue weighted by Crippen LogP contribution is 2.07. The van der Waals surface area contributed by atoms with Crippen LogP contribution in [0.5, 0.6) is 0 Å². The molecule has 5 nitrogen and oxygen atoms in total. The van der Waals surface area contributed by atoms with Gasteiger partial charge in [0.2, 0.25) is 0 Å². The number of aliphatic imine (C=N–C) groups is 1. The molecule has 2 aromatic carbocycles. The van der Waals surface area contributed by atoms with E-state index in [9.17, 15) is 0 Å². The molecule has 0 bridgehead atoms. The Morgan fingerprint density at radius 3 is 2.44 bits per heavy atom. The fourth-order valence-corrected chi connectivity index (χ4v) is 2.82. The van der Waals surface area contributed by atoms with Gasteiger partial charge in [0, 0.05) is 31.9 Å². The molecule has 2 aromatic rings. The summed E-state index contributed by atoms with van der Waals surface area (Å²) in [6.07, 6.45) is 0. The Bertz CT molecular complexity index is 685. The van der Waals surface area contributed by atoms with Gasteiger partial charge >= 0.3 is 0 Å². The molecule has 0 saturated carbocycles. The van der Waals surface area contributed by atoms with Crippen LogP contribution in [0.1, 0.15) is 11.1 Å². The van der Waals surface area contributed by atoms with Gasteiger partial charge in [0.1, 0.15) is 0 Å². The summed E-state index contributed by atoms with van der Waals surface area (Å²) >= 11 is 0. The second-order valence-electron chi connectivity index (χ2n) is 6.52. The molecule has 1 fully saturated rings. The molecule has 0 radical (unpaired) electrons. The molecule has 0 unspecified atom stereocenters. The van der Waals surface area contributed by atoms with Crippen molar-refractivity contribution < 1.29 is 4.74 Å². The summed E-state index contributed by atoms with van der Waals surface area (Å²) in [6, 6.07) is 18.7. The van der Waals surface area contributed by atoms with E-state index in [-0.39, 0.29) is 24.0 Å². The number of nitrogens with zero attached hydrogens (tertiary/aromatic N) is 2. The first-order valence-electron chi connectivity index (χ1n) is 9.26. The van der Waals surface area contributed by atoms with Gasteiger partial charge in [-0.05, 0) is 24.6 Å². The van der Waals surface area contributed by atoms with Crippen molar-refractivity contribution in [3.63, 3.8) is 0 Å². The number of aryl methyl sites for hydroxylation is 1. The number of morpholine rings is 1. The maximum atomic E-state index is 5.40. The van der Waals surface area contributed by atoms with Gasteiger partial charge in [-0.15, -0.1) is 24.0 Å². The first-order valence-corrected chi connectivity index (χ1v) is 9.26. The number of hydrogen-bond donors (Lipinski definition) is 2. The fourth-order valence-electron chi connectivity index (χ4n) is 2.82. The van der Waals surface area contributed by atoms with Gasteiger partial charge in [-0.1, -0.05) is 48.0 Å². The highest BCUT2D eigenvalue weighted by molar-refractivity contribution is 14.0. The number of rotatable bonds is 6. The number of halogens is 1. The van der Waals surface area contributed by atoms with Crippen molar-refractivity contribution in [2.45, 2.75) is 13.5 Å². The Balaban J connectivity index is 0.00000261. The van der Waals surface area contributed by atoms with Crippen LogP contribution in [0.25, 0.3) is 0 Å². The minimum atomic E-state index is 0. The van der Waals surface area contributed by atoms with Crippen LogP contribution in [0.2, 0.25) is 0 Å². The van der Waals surface area contributed by atoms with Gasteiger partial charge in [0.15, 0.2) is 5.96 Å². The van der Waals surface area contributed by atoms with E-state index in [1.807, 2.05) is 30.3 Å². The summed E-state index contributed by atoms with van der Waals surface area (Å²) in [5.74, 6) is 0.810. The smallest absolute Gasteiger partial charge is 0.196 e. The van der Waals surface area contributed by atoms with E-state index in [1.165, 1.54) is 11.1 Å². The summed E-state index contributed by atoms with van der Waals surface area (Å²) in [4.78, 5) is 7.17. The molecule has 0 aliphatic carbocycles. The Morgan fingerprint density at radius 1 is 1.04 bits per heavy atom. The maximum Gasteiger partial charge on any atom is 0.196 e. The zero-order chi connectivity index (χ0) is 18.0. The number of benzene rings is 2. The van der Waals surface area contributed by atoms with E-state index in [0.717, 1.165) is 51.0 Å². The Morgan fingerprint density at radius 2 is 1.74 bits per heavy atom. The fraction of sp³-hybridized carbons (Fsp3) is 0.381. The summed E-state index contributed by atoms with van der Waals surface area (Å²) < 4.78 is 5.40. The molecular weight excluding hydrogens is 451 g/mol. The zero-order valence-electron chi connectivity index (χ0n) is 15.9. The number of guanidine groups is 1. The van der Waals surface area contributed by atoms with E-state index in [0.29, 0.717) is 6.54 Å². The highest BCUT2D eigenvalue weighted by Gasteiger charge is 2.09. The monoisotopic (exact) mass is 480 g/mol. The molecule has 3 rings (SSSR count). The average molecular weight is 480 g/mol. The number of para-hydroxylation sites is 1. The number of nitrogens with one attached hydrogen (secondary N) is 2. The third-order valence-electron chi connectivity index (χ3n) is 4.40. The molecule has 1 saturated heterocycles. The molecule has 1 heterocycles. The van der Waals surface area contributed by atoms with Gasteiger partial charge in [-0.3, -0.25) is 4.90 Å². The van der Waals surface area contributed by atoms with E-state index >= 15 is 0 Å². The Kier molecular flexibility index (Phi) is 9.58. The molecule has 1 aliphatic rings. The molecule has 0 amide bonds. The van der Waals surface area contributed by atoms with Crippen LogP contribution in [-0.2, 0) is 11.3 Å². The number of hydrogen-bond acceptors (Lipinski definition) is 3. The summed E-state index contributed by atoms with van der Waals surface area (Å²) in [5, 5.41) is 6.85. The predicted molar refractivity (Wildman–Crippen MR) is 123 cm³/mol. The van der Waals surface area contributed by atoms with Gasteiger partial charge in [-0.25, -0.2) is 4.99 Å². The van der Waals surface area contributed by atoms with Crippen LogP contribution < -0.4 is 10.6 Å². The molecule has 1 aliphatic heterocycles. The lowest BCUT2D eigenvalue weighted by Gasteiger charge is -2.26. The lowest BCUT2D eigenvalue weighted by molar-refractivity contribution is 0.0389. The predicted octanol–water partition coefficient (Wildman–Crippen LogP) is 3.50. The SMILES string of the molecule is Cc1ccc(CN=C(NCCN2CCOCC2)Nc2ccccc2)cc1.I. The molecule has 6 heteroatoms. The van der Waals surface area contributed by atoms with E-state index < -0.39 is 0 Å². The van der Waals surface area contributed by atoms with Crippen molar-refractivity contribution in [2.24, 2.45) is 4.99 Å². The first-order chi connectivity index (χ1) is 12.8. The minimum Gasteiger partial charge on any atom is -0.379 e. The molecular formula is C21H29IN4O. The van der Waals surface area contributed by atoms with E-state index in [4.69, 9.17) is 9.73 Å². The summed E-state index contributed by atoms with van der Waals surface area (Å²) in [6.45, 7) is 8.26. The molecule has 0 spiro atoms. The lowest BCUT2D eigenvalue weighted by Crippen LogP contribution is -2.42. The third kappa shape index (κ3) is 7.86. The van der Waals surface area contributed by atoms with Gasteiger partial charge in [0.05, 0.1) is 19.8 Å². The highest BCUT2D eigenvalue weighted by atomic mass is 127. The largest absolute Gasteiger partial charge is 0.379 e. The molecule has 146 valence electrons. The van der Waals surface area contributed by atoms with Crippen molar-refractivity contribution in [2.75, 3.05) is 44.7 Å². The van der Waals surface area contributed by atoms with Gasteiger partial charge in [-0.2, -0.15) is 0 Å². The van der Waals surface area contributed by atoms with Crippen LogP contribution in [0.3, 0.4) is 0 Å². The average Bonchev–Trinajstić information content (AvgIpc) is 2.69. The lowest BCUT2D eigenvalue weighted by atomic mass is 10.1. The quantitative estimate of drug-likeness (QED) is 0.378. The first kappa shape index (κ1) is 21.7. The Hall–Kier alpha value is -1.64. The normalized spacial score (nSPS) is 15.1. The standard InChI is InChI=1S/C21H28N4O.HI/c1-18-7-9-19(10-8-18)17-23-21(24-20-5-3-2-4-6-20)22-11-12-25-13-15-26-16-14-25;/h2-10H,11-17H2,1H3,(H2,22,23,24);1H. The number of ether oxygens (including phenoxy) is 1. The molecule has 2 N–H and O–H groups in total. The molecule has 27 heavy (non-hydrogen) atoms. The van der Waals surface area contributed by atoms with E-state index in [1.54, 1.807) is 0 Å². The molecule has 0 atom stereocenters. The van der Waals surface area contributed by atoms with E-state index in [2.05, 4.69) is 46.7 Å².